The first-order valence-corrected chi connectivity index (χ1v) is 12.0. The number of hydrogen-bond donors (Lipinski definition) is 1. The van der Waals surface area contributed by atoms with Gasteiger partial charge < -0.3 is 15.1 Å². The van der Waals surface area contributed by atoms with Crippen LogP contribution in [0.2, 0.25) is 0 Å². The molecule has 2 aromatic carbocycles. The predicted molar refractivity (Wildman–Crippen MR) is 129 cm³/mol. The molecule has 170 valence electrons. The lowest BCUT2D eigenvalue weighted by Crippen LogP contribution is -2.49. The number of carbonyl (C=O) groups is 2. The van der Waals surface area contributed by atoms with Crippen molar-refractivity contribution < 1.29 is 9.59 Å². The summed E-state index contributed by atoms with van der Waals surface area (Å²) in [4.78, 5) is 29.5. The topological polar surface area (TPSA) is 52.7 Å². The van der Waals surface area contributed by atoms with Gasteiger partial charge in [-0.05, 0) is 75.6 Å². The predicted octanol–water partition coefficient (Wildman–Crippen LogP) is 5.23. The summed E-state index contributed by atoms with van der Waals surface area (Å²) in [5, 5.41) is 3.05. The van der Waals surface area contributed by atoms with Gasteiger partial charge in [-0.2, -0.15) is 0 Å². The van der Waals surface area contributed by atoms with Crippen LogP contribution in [0, 0.1) is 5.92 Å². The van der Waals surface area contributed by atoms with Crippen LogP contribution in [-0.4, -0.2) is 53.8 Å². The Morgan fingerprint density at radius 3 is 2.44 bits per heavy atom. The Hall–Kier alpha value is -2.66. The largest absolute Gasteiger partial charge is 0.322 e. The molecule has 4 rings (SSSR count). The van der Waals surface area contributed by atoms with Crippen LogP contribution in [0.15, 0.2) is 54.6 Å². The van der Waals surface area contributed by atoms with Crippen molar-refractivity contribution in [1.29, 1.82) is 0 Å². The second-order valence-corrected chi connectivity index (χ2v) is 9.32. The summed E-state index contributed by atoms with van der Waals surface area (Å²) in [5.41, 5.74) is 2.73. The van der Waals surface area contributed by atoms with Crippen LogP contribution in [0.3, 0.4) is 0 Å². The van der Waals surface area contributed by atoms with Gasteiger partial charge in [-0.1, -0.05) is 42.5 Å². The van der Waals surface area contributed by atoms with Gasteiger partial charge in [0.15, 0.2) is 5.78 Å². The molecule has 1 aliphatic carbocycles. The van der Waals surface area contributed by atoms with E-state index >= 15 is 0 Å². The summed E-state index contributed by atoms with van der Waals surface area (Å²) in [6.45, 7) is 5.61. The number of ketones is 1. The van der Waals surface area contributed by atoms with Crippen LogP contribution in [0.25, 0.3) is 0 Å². The van der Waals surface area contributed by atoms with E-state index in [9.17, 15) is 9.59 Å². The third kappa shape index (κ3) is 6.42. The lowest BCUT2D eigenvalue weighted by molar-refractivity contribution is 0.101. The van der Waals surface area contributed by atoms with E-state index in [1.165, 1.54) is 24.8 Å². The van der Waals surface area contributed by atoms with Crippen molar-refractivity contribution in [2.24, 2.45) is 5.92 Å². The maximum atomic E-state index is 13.2. The van der Waals surface area contributed by atoms with Crippen molar-refractivity contribution >= 4 is 17.5 Å². The molecule has 1 heterocycles. The quantitative estimate of drug-likeness (QED) is 0.551. The van der Waals surface area contributed by atoms with E-state index in [1.54, 1.807) is 19.1 Å². The van der Waals surface area contributed by atoms with Crippen molar-refractivity contribution in [3.8, 4) is 0 Å². The first-order valence-electron chi connectivity index (χ1n) is 12.0. The van der Waals surface area contributed by atoms with Gasteiger partial charge in [-0.25, -0.2) is 4.79 Å². The molecule has 1 saturated carbocycles. The van der Waals surface area contributed by atoms with E-state index in [1.807, 2.05) is 12.1 Å². The first kappa shape index (κ1) is 22.5. The fourth-order valence-corrected chi connectivity index (χ4v) is 4.59. The third-order valence-corrected chi connectivity index (χ3v) is 6.71. The minimum Gasteiger partial charge on any atom is -0.321 e. The average Bonchev–Trinajstić information content (AvgIpc) is 3.63. The fraction of sp³-hybridized carbons (Fsp3) is 0.481. The van der Waals surface area contributed by atoms with Crippen LogP contribution in [0.4, 0.5) is 10.5 Å². The summed E-state index contributed by atoms with van der Waals surface area (Å²) < 4.78 is 0. The van der Waals surface area contributed by atoms with E-state index in [0.29, 0.717) is 17.2 Å². The number of carbonyl (C=O) groups excluding carboxylic acids is 2. The number of piperidine rings is 1. The SMILES string of the molecule is CC(=O)c1cccc(NC(=O)N(CC2CC2)C2CCN(CCCc3ccccc3)CC2)c1. The number of hydrogen-bond acceptors (Lipinski definition) is 3. The third-order valence-electron chi connectivity index (χ3n) is 6.71. The molecule has 2 fully saturated rings. The number of urea groups is 1. The number of benzene rings is 2. The van der Waals surface area contributed by atoms with Gasteiger partial charge in [-0.3, -0.25) is 4.79 Å². The lowest BCUT2D eigenvalue weighted by Gasteiger charge is -2.38. The highest BCUT2D eigenvalue weighted by atomic mass is 16.2. The average molecular weight is 434 g/mol. The molecule has 1 N–H and O–H groups in total. The Kier molecular flexibility index (Phi) is 7.59. The number of rotatable bonds is 9. The van der Waals surface area contributed by atoms with Crippen molar-refractivity contribution in [2.45, 2.75) is 51.5 Å². The highest BCUT2D eigenvalue weighted by Gasteiger charge is 2.33. The molecule has 0 aromatic heterocycles. The second-order valence-electron chi connectivity index (χ2n) is 9.32. The molecule has 1 saturated heterocycles. The van der Waals surface area contributed by atoms with Gasteiger partial charge in [0.2, 0.25) is 0 Å². The van der Waals surface area contributed by atoms with E-state index in [-0.39, 0.29) is 17.9 Å². The smallest absolute Gasteiger partial charge is 0.321 e. The van der Waals surface area contributed by atoms with Crippen molar-refractivity contribution in [1.82, 2.24) is 9.80 Å². The Bertz CT molecular complexity index is 902. The summed E-state index contributed by atoms with van der Waals surface area (Å²) in [7, 11) is 0. The maximum Gasteiger partial charge on any atom is 0.322 e. The summed E-state index contributed by atoms with van der Waals surface area (Å²) >= 11 is 0. The highest BCUT2D eigenvalue weighted by molar-refractivity contribution is 5.96. The Morgan fingerprint density at radius 1 is 1.00 bits per heavy atom. The van der Waals surface area contributed by atoms with E-state index in [4.69, 9.17) is 0 Å². The Labute approximate surface area is 191 Å². The summed E-state index contributed by atoms with van der Waals surface area (Å²) in [6, 6.07) is 18.2. The van der Waals surface area contributed by atoms with Gasteiger partial charge in [0.25, 0.3) is 0 Å². The van der Waals surface area contributed by atoms with Gasteiger partial charge in [-0.15, -0.1) is 0 Å². The number of amides is 2. The maximum absolute atomic E-state index is 13.2. The Morgan fingerprint density at radius 2 is 1.75 bits per heavy atom. The summed E-state index contributed by atoms with van der Waals surface area (Å²) in [6.07, 6.45) is 6.80. The molecule has 2 amide bonds. The molecule has 0 atom stereocenters. The van der Waals surface area contributed by atoms with Crippen LogP contribution in [0.1, 0.15) is 54.9 Å². The first-order chi connectivity index (χ1) is 15.6. The minimum atomic E-state index is -0.0277. The molecule has 0 spiro atoms. The zero-order chi connectivity index (χ0) is 22.3. The molecule has 32 heavy (non-hydrogen) atoms. The number of anilines is 1. The molecule has 5 nitrogen and oxygen atoms in total. The lowest BCUT2D eigenvalue weighted by atomic mass is 10.0. The molecule has 5 heteroatoms. The van der Waals surface area contributed by atoms with Gasteiger partial charge in [0.05, 0.1) is 0 Å². The standard InChI is InChI=1S/C27H35N3O2/c1-21(31)24-10-5-11-25(19-24)28-27(32)30(20-23-12-13-23)26-14-17-29(18-15-26)16-6-9-22-7-3-2-4-8-22/h2-5,7-8,10-11,19,23,26H,6,9,12-18,20H2,1H3,(H,28,32). The highest BCUT2D eigenvalue weighted by Crippen LogP contribution is 2.32. The van der Waals surface area contributed by atoms with Crippen molar-refractivity contribution in [3.05, 3.63) is 65.7 Å². The molecular formula is C27H35N3O2. The number of nitrogens with zero attached hydrogens (tertiary/aromatic N) is 2. The molecule has 1 aliphatic heterocycles. The zero-order valence-corrected chi connectivity index (χ0v) is 19.1. The minimum absolute atomic E-state index is 0.00979. The van der Waals surface area contributed by atoms with Crippen molar-refractivity contribution in [3.63, 3.8) is 0 Å². The molecule has 2 aromatic rings. The molecule has 0 bridgehead atoms. The molecule has 0 radical (unpaired) electrons. The molecule has 2 aliphatic rings. The summed E-state index contributed by atoms with van der Waals surface area (Å²) in [5.74, 6) is 0.656. The van der Waals surface area contributed by atoms with Gasteiger partial charge in [0, 0.05) is 36.9 Å². The van der Waals surface area contributed by atoms with Crippen LogP contribution in [-0.2, 0) is 6.42 Å². The normalized spacial score (nSPS) is 17.2. The van der Waals surface area contributed by atoms with Crippen molar-refractivity contribution in [2.75, 3.05) is 31.5 Å². The zero-order valence-electron chi connectivity index (χ0n) is 19.1. The molecular weight excluding hydrogens is 398 g/mol. The van der Waals surface area contributed by atoms with Gasteiger partial charge in [0.1, 0.15) is 0 Å². The van der Waals surface area contributed by atoms with E-state index in [0.717, 1.165) is 45.4 Å². The monoisotopic (exact) mass is 433 g/mol. The van der Waals surface area contributed by atoms with Crippen LogP contribution in [0.5, 0.6) is 0 Å². The Balaban J connectivity index is 1.29. The number of aryl methyl sites for hydroxylation is 1. The van der Waals surface area contributed by atoms with E-state index < -0.39 is 0 Å². The second kappa shape index (κ2) is 10.8. The number of Topliss-reactive ketones (excluding diaryl/α,β-unsaturated/α-hetero) is 1. The number of likely N-dealkylation sites (tertiary alicyclic amines) is 1. The molecule has 0 unspecified atom stereocenters. The van der Waals surface area contributed by atoms with E-state index in [2.05, 4.69) is 45.4 Å². The fourth-order valence-electron chi connectivity index (χ4n) is 4.59. The number of nitrogens with one attached hydrogen (secondary N) is 1. The van der Waals surface area contributed by atoms with Crippen LogP contribution >= 0.6 is 0 Å². The van der Waals surface area contributed by atoms with Gasteiger partial charge >= 0.3 is 6.03 Å². The van der Waals surface area contributed by atoms with Crippen LogP contribution < -0.4 is 5.32 Å².